The van der Waals surface area contributed by atoms with Crippen molar-refractivity contribution in [3.63, 3.8) is 0 Å². The number of amides is 2. The lowest BCUT2D eigenvalue weighted by molar-refractivity contribution is 0.168. The van der Waals surface area contributed by atoms with Crippen LogP contribution in [0.4, 0.5) is 10.6 Å². The maximum absolute atomic E-state index is 12.3. The molecule has 0 radical (unpaired) electrons. The number of hydrogen-bond donors (Lipinski definition) is 0. The van der Waals surface area contributed by atoms with E-state index in [9.17, 15) is 4.79 Å². The van der Waals surface area contributed by atoms with Gasteiger partial charge < -0.3 is 14.7 Å². The minimum Gasteiger partial charge on any atom is -0.353 e. The molecule has 2 amide bonds. The molecule has 6 nitrogen and oxygen atoms in total. The number of aryl methyl sites for hydroxylation is 2. The summed E-state index contributed by atoms with van der Waals surface area (Å²) >= 11 is 0. The monoisotopic (exact) mass is 409 g/mol. The van der Waals surface area contributed by atoms with Crippen molar-refractivity contribution in [2.24, 2.45) is 0 Å². The van der Waals surface area contributed by atoms with Gasteiger partial charge in [-0.25, -0.2) is 14.8 Å². The highest BCUT2D eigenvalue weighted by molar-refractivity contribution is 5.74. The zero-order chi connectivity index (χ0) is 21.8. The minimum atomic E-state index is 0.0776. The Morgan fingerprint density at radius 2 is 1.83 bits per heavy atom. The number of benzene rings is 1. The summed E-state index contributed by atoms with van der Waals surface area (Å²) in [5.41, 5.74) is 4.80. The Bertz CT molecular complexity index is 887. The van der Waals surface area contributed by atoms with Gasteiger partial charge in [-0.1, -0.05) is 43.7 Å². The molecule has 1 fully saturated rings. The van der Waals surface area contributed by atoms with E-state index in [-0.39, 0.29) is 6.03 Å². The molecule has 162 valence electrons. The summed E-state index contributed by atoms with van der Waals surface area (Å²) in [6, 6.07) is 8.72. The van der Waals surface area contributed by atoms with E-state index in [0.29, 0.717) is 19.0 Å². The molecule has 2 heterocycles. The highest BCUT2D eigenvalue weighted by Gasteiger charge is 2.26. The van der Waals surface area contributed by atoms with Crippen molar-refractivity contribution in [2.45, 2.75) is 46.5 Å². The van der Waals surface area contributed by atoms with Gasteiger partial charge in [-0.2, -0.15) is 0 Å². The highest BCUT2D eigenvalue weighted by atomic mass is 16.2. The average molecular weight is 410 g/mol. The number of aromatic nitrogens is 2. The molecule has 1 aromatic carbocycles. The molecule has 1 aromatic heterocycles. The van der Waals surface area contributed by atoms with E-state index in [1.165, 1.54) is 16.7 Å². The number of carbonyl (C=O) groups excluding carboxylic acids is 1. The molecular formula is C24H35N5O. The SMILES string of the molecule is CC[C@H](C)c1nc(C)c(Cc2cccc(C)c2)c(N2CCN(C(=O)N(C)C)CC2)n1. The van der Waals surface area contributed by atoms with E-state index >= 15 is 0 Å². The molecule has 2 aromatic rings. The topological polar surface area (TPSA) is 52.6 Å². The van der Waals surface area contributed by atoms with E-state index in [1.807, 2.05) is 4.90 Å². The summed E-state index contributed by atoms with van der Waals surface area (Å²) in [5.74, 6) is 2.29. The molecule has 0 spiro atoms. The molecule has 6 heteroatoms. The summed E-state index contributed by atoms with van der Waals surface area (Å²) in [7, 11) is 3.61. The van der Waals surface area contributed by atoms with Crippen molar-refractivity contribution in [2.75, 3.05) is 45.2 Å². The molecule has 1 saturated heterocycles. The quantitative estimate of drug-likeness (QED) is 0.749. The fourth-order valence-corrected chi connectivity index (χ4v) is 3.89. The molecule has 0 bridgehead atoms. The number of nitrogens with zero attached hydrogens (tertiary/aromatic N) is 5. The van der Waals surface area contributed by atoms with Gasteiger partial charge in [0.15, 0.2) is 0 Å². The van der Waals surface area contributed by atoms with Gasteiger partial charge in [0.1, 0.15) is 11.6 Å². The van der Waals surface area contributed by atoms with Crippen molar-refractivity contribution in [1.29, 1.82) is 0 Å². The van der Waals surface area contributed by atoms with E-state index in [0.717, 1.165) is 43.3 Å². The Balaban J connectivity index is 1.92. The first-order valence-corrected chi connectivity index (χ1v) is 10.9. The second-order valence-corrected chi connectivity index (χ2v) is 8.60. The number of hydrogen-bond acceptors (Lipinski definition) is 4. The normalized spacial score (nSPS) is 15.3. The Morgan fingerprint density at radius 3 is 2.43 bits per heavy atom. The van der Waals surface area contributed by atoms with Crippen LogP contribution in [0.5, 0.6) is 0 Å². The lowest BCUT2D eigenvalue weighted by Gasteiger charge is -2.37. The van der Waals surface area contributed by atoms with Crippen LogP contribution in [0.2, 0.25) is 0 Å². The zero-order valence-electron chi connectivity index (χ0n) is 19.3. The number of piperazine rings is 1. The van der Waals surface area contributed by atoms with Crippen LogP contribution in [0.15, 0.2) is 24.3 Å². The van der Waals surface area contributed by atoms with E-state index in [4.69, 9.17) is 9.97 Å². The van der Waals surface area contributed by atoms with Gasteiger partial charge in [-0.15, -0.1) is 0 Å². The highest BCUT2D eigenvalue weighted by Crippen LogP contribution is 2.28. The summed E-state index contributed by atoms with van der Waals surface area (Å²) in [4.78, 5) is 28.2. The van der Waals surface area contributed by atoms with Crippen LogP contribution >= 0.6 is 0 Å². The predicted octanol–water partition coefficient (Wildman–Crippen LogP) is 4.00. The predicted molar refractivity (Wildman–Crippen MR) is 122 cm³/mol. The summed E-state index contributed by atoms with van der Waals surface area (Å²) < 4.78 is 0. The molecule has 1 aliphatic heterocycles. The second-order valence-electron chi connectivity index (χ2n) is 8.60. The fourth-order valence-electron chi connectivity index (χ4n) is 3.89. The number of anilines is 1. The first-order chi connectivity index (χ1) is 14.3. The lowest BCUT2D eigenvalue weighted by Crippen LogP contribution is -2.52. The van der Waals surface area contributed by atoms with Crippen LogP contribution < -0.4 is 4.90 Å². The number of carbonyl (C=O) groups is 1. The molecule has 1 atom stereocenters. The first-order valence-electron chi connectivity index (χ1n) is 10.9. The van der Waals surface area contributed by atoms with Gasteiger partial charge in [-0.05, 0) is 25.8 Å². The van der Waals surface area contributed by atoms with Crippen molar-refractivity contribution in [3.05, 3.63) is 52.5 Å². The van der Waals surface area contributed by atoms with Gasteiger partial charge in [0.05, 0.1) is 0 Å². The van der Waals surface area contributed by atoms with Gasteiger partial charge >= 0.3 is 6.03 Å². The standard InChI is InChI=1S/C24H35N5O/c1-7-18(3)22-25-19(4)21(16-20-10-8-9-17(2)15-20)23(26-22)28-11-13-29(14-12-28)24(30)27(5)6/h8-10,15,18H,7,11-14,16H2,1-6H3/t18-/m0/s1. The van der Waals surface area contributed by atoms with Crippen molar-refractivity contribution < 1.29 is 4.79 Å². The van der Waals surface area contributed by atoms with Crippen LogP contribution in [0.3, 0.4) is 0 Å². The molecule has 1 aliphatic rings. The van der Waals surface area contributed by atoms with Crippen LogP contribution in [0, 0.1) is 13.8 Å². The van der Waals surface area contributed by atoms with Crippen LogP contribution in [-0.2, 0) is 6.42 Å². The third kappa shape index (κ3) is 4.91. The minimum absolute atomic E-state index is 0.0776. The molecule has 0 aliphatic carbocycles. The maximum atomic E-state index is 12.3. The smallest absolute Gasteiger partial charge is 0.319 e. The Kier molecular flexibility index (Phi) is 6.95. The van der Waals surface area contributed by atoms with Crippen molar-refractivity contribution in [1.82, 2.24) is 19.8 Å². The number of rotatable bonds is 5. The third-order valence-electron chi connectivity index (χ3n) is 5.96. The Labute approximate surface area is 180 Å². The van der Waals surface area contributed by atoms with Crippen LogP contribution in [-0.4, -0.2) is 66.1 Å². The molecule has 0 unspecified atom stereocenters. The van der Waals surface area contributed by atoms with E-state index in [2.05, 4.69) is 56.9 Å². The third-order valence-corrected chi connectivity index (χ3v) is 5.96. The van der Waals surface area contributed by atoms with Gasteiger partial charge in [-0.3, -0.25) is 0 Å². The molecule has 0 saturated carbocycles. The van der Waals surface area contributed by atoms with Gasteiger partial charge in [0, 0.05) is 63.9 Å². The number of urea groups is 1. The molecule has 3 rings (SSSR count). The maximum Gasteiger partial charge on any atom is 0.319 e. The lowest BCUT2D eigenvalue weighted by atomic mass is 10.0. The molecular weight excluding hydrogens is 374 g/mol. The summed E-state index contributed by atoms with van der Waals surface area (Å²) in [5, 5.41) is 0. The van der Waals surface area contributed by atoms with E-state index in [1.54, 1.807) is 19.0 Å². The van der Waals surface area contributed by atoms with Gasteiger partial charge in [0.25, 0.3) is 0 Å². The Hall–Kier alpha value is -2.63. The zero-order valence-corrected chi connectivity index (χ0v) is 19.3. The van der Waals surface area contributed by atoms with Crippen LogP contribution in [0.1, 0.15) is 54.4 Å². The summed E-state index contributed by atoms with van der Waals surface area (Å²) in [6.07, 6.45) is 1.84. The van der Waals surface area contributed by atoms with Gasteiger partial charge in [0.2, 0.25) is 0 Å². The molecule has 30 heavy (non-hydrogen) atoms. The Morgan fingerprint density at radius 1 is 1.13 bits per heavy atom. The first kappa shape index (κ1) is 22.1. The van der Waals surface area contributed by atoms with Crippen LogP contribution in [0.25, 0.3) is 0 Å². The second kappa shape index (κ2) is 9.45. The van der Waals surface area contributed by atoms with E-state index < -0.39 is 0 Å². The van der Waals surface area contributed by atoms with Crippen molar-refractivity contribution >= 4 is 11.8 Å². The van der Waals surface area contributed by atoms with Crippen molar-refractivity contribution in [3.8, 4) is 0 Å². The molecule has 0 N–H and O–H groups in total. The largest absolute Gasteiger partial charge is 0.353 e. The average Bonchev–Trinajstić information content (AvgIpc) is 2.74. The summed E-state index contributed by atoms with van der Waals surface area (Å²) in [6.45, 7) is 11.6. The fraction of sp³-hybridized carbons (Fsp3) is 0.542.